The zero-order chi connectivity index (χ0) is 19.6. The predicted molar refractivity (Wildman–Crippen MR) is 106 cm³/mol. The number of aliphatic hydroxyl groups is 1. The Morgan fingerprint density at radius 1 is 1.26 bits per heavy atom. The molecule has 1 unspecified atom stereocenters. The summed E-state index contributed by atoms with van der Waals surface area (Å²) >= 11 is 0. The Hall–Kier alpha value is -1.44. The molecule has 7 heteroatoms. The summed E-state index contributed by atoms with van der Waals surface area (Å²) in [4.78, 5) is 21.0. The average molecular weight is 381 g/mol. The molecule has 0 bridgehead atoms. The monoisotopic (exact) mass is 380 g/mol. The number of aromatic nitrogens is 1. The highest BCUT2D eigenvalue weighted by molar-refractivity contribution is 5.91. The van der Waals surface area contributed by atoms with Gasteiger partial charge in [0.1, 0.15) is 6.26 Å². The molecule has 1 aromatic heterocycles. The quantitative estimate of drug-likeness (QED) is 0.612. The van der Waals surface area contributed by atoms with Crippen molar-refractivity contribution in [3.63, 3.8) is 0 Å². The lowest BCUT2D eigenvalue weighted by molar-refractivity contribution is 0.0627. The summed E-state index contributed by atoms with van der Waals surface area (Å²) in [5, 5.41) is 12.9. The Labute approximate surface area is 163 Å². The topological polar surface area (TPSA) is 81.8 Å². The summed E-state index contributed by atoms with van der Waals surface area (Å²) < 4.78 is 5.48. The van der Waals surface area contributed by atoms with Crippen LogP contribution in [-0.4, -0.2) is 71.2 Å². The van der Waals surface area contributed by atoms with Gasteiger partial charge in [-0.05, 0) is 18.8 Å². The third kappa shape index (κ3) is 7.99. The molecule has 7 nitrogen and oxygen atoms in total. The van der Waals surface area contributed by atoms with Crippen LogP contribution < -0.4 is 5.32 Å². The summed E-state index contributed by atoms with van der Waals surface area (Å²) in [5.74, 6) is 0.974. The van der Waals surface area contributed by atoms with Gasteiger partial charge in [0.25, 0.3) is 5.91 Å². The Kier molecular flexibility index (Phi) is 9.24. The summed E-state index contributed by atoms with van der Waals surface area (Å²) in [5.41, 5.74) is 0.353. The Morgan fingerprint density at radius 3 is 2.63 bits per heavy atom. The summed E-state index contributed by atoms with van der Waals surface area (Å²) in [7, 11) is 0. The van der Waals surface area contributed by atoms with Crippen molar-refractivity contribution in [2.75, 3.05) is 39.3 Å². The lowest BCUT2D eigenvalue weighted by atomic mass is 10.1. The first-order valence-corrected chi connectivity index (χ1v) is 10.3. The molecule has 1 atom stereocenters. The molecular weight excluding hydrogens is 344 g/mol. The molecule has 2 N–H and O–H groups in total. The number of hydrogen-bond acceptors (Lipinski definition) is 6. The highest BCUT2D eigenvalue weighted by atomic mass is 16.3. The van der Waals surface area contributed by atoms with Crippen LogP contribution in [0.2, 0.25) is 0 Å². The first kappa shape index (κ1) is 21.9. The van der Waals surface area contributed by atoms with Crippen LogP contribution in [0.3, 0.4) is 0 Å². The molecule has 0 aromatic carbocycles. The molecule has 2 heterocycles. The van der Waals surface area contributed by atoms with Gasteiger partial charge in [0.05, 0.1) is 12.6 Å². The predicted octanol–water partition coefficient (Wildman–Crippen LogP) is 2.12. The maximum atomic E-state index is 12.1. The summed E-state index contributed by atoms with van der Waals surface area (Å²) in [6.07, 6.45) is 5.26. The van der Waals surface area contributed by atoms with Crippen LogP contribution in [0.1, 0.15) is 62.8 Å². The normalized spacial score (nSPS) is 17.4. The van der Waals surface area contributed by atoms with Gasteiger partial charge < -0.3 is 14.8 Å². The molecule has 1 aliphatic heterocycles. The van der Waals surface area contributed by atoms with Crippen LogP contribution in [0, 0.1) is 5.92 Å². The van der Waals surface area contributed by atoms with Crippen LogP contribution in [0.4, 0.5) is 0 Å². The van der Waals surface area contributed by atoms with Gasteiger partial charge in [0.2, 0.25) is 5.89 Å². The maximum Gasteiger partial charge on any atom is 0.273 e. The molecule has 1 amide bonds. The molecule has 1 fully saturated rings. The fraction of sp³-hybridized carbons (Fsp3) is 0.800. The molecule has 2 rings (SSSR count). The number of unbranched alkanes of at least 4 members (excludes halogenated alkanes) is 1. The molecule has 0 spiro atoms. The Balaban J connectivity index is 1.70. The number of nitrogens with zero attached hydrogens (tertiary/aromatic N) is 3. The van der Waals surface area contributed by atoms with E-state index in [2.05, 4.69) is 40.9 Å². The first-order valence-electron chi connectivity index (χ1n) is 10.3. The van der Waals surface area contributed by atoms with Crippen LogP contribution in [0.25, 0.3) is 0 Å². The standard InChI is InChI=1S/C20H36N4O3/c1-4-5-6-17(25)13-23-9-11-24(12-10-23)14-19-22-18(15-27-19)20(26)21-8-7-16(2)3/h15-17,25H,4-14H2,1-3H3,(H,21,26). The van der Waals surface area contributed by atoms with E-state index >= 15 is 0 Å². The third-order valence-corrected chi connectivity index (χ3v) is 4.98. The number of oxazole rings is 1. The maximum absolute atomic E-state index is 12.1. The molecule has 1 aliphatic rings. The van der Waals surface area contributed by atoms with Crippen LogP contribution in [0.15, 0.2) is 10.7 Å². The van der Waals surface area contributed by atoms with Crippen molar-refractivity contribution in [2.24, 2.45) is 5.92 Å². The first-order chi connectivity index (χ1) is 13.0. The number of rotatable bonds is 11. The van der Waals surface area contributed by atoms with E-state index in [0.717, 1.165) is 58.4 Å². The number of aliphatic hydroxyl groups excluding tert-OH is 1. The van der Waals surface area contributed by atoms with E-state index < -0.39 is 0 Å². The van der Waals surface area contributed by atoms with Gasteiger partial charge in [-0.1, -0.05) is 33.6 Å². The van der Waals surface area contributed by atoms with Gasteiger partial charge in [-0.3, -0.25) is 14.6 Å². The number of carbonyl (C=O) groups is 1. The fourth-order valence-corrected chi connectivity index (χ4v) is 3.20. The molecule has 27 heavy (non-hydrogen) atoms. The van der Waals surface area contributed by atoms with E-state index in [1.54, 1.807) is 0 Å². The van der Waals surface area contributed by atoms with Gasteiger partial charge in [0.15, 0.2) is 5.69 Å². The molecule has 0 saturated carbocycles. The van der Waals surface area contributed by atoms with E-state index in [9.17, 15) is 9.90 Å². The lowest BCUT2D eigenvalue weighted by Crippen LogP contribution is -2.48. The number of carbonyl (C=O) groups excluding carboxylic acids is 1. The number of hydrogen-bond donors (Lipinski definition) is 2. The van der Waals surface area contributed by atoms with Gasteiger partial charge in [-0.25, -0.2) is 4.98 Å². The van der Waals surface area contributed by atoms with Crippen molar-refractivity contribution in [1.82, 2.24) is 20.1 Å². The zero-order valence-corrected chi connectivity index (χ0v) is 17.1. The van der Waals surface area contributed by atoms with E-state index in [0.29, 0.717) is 30.6 Å². The third-order valence-electron chi connectivity index (χ3n) is 4.98. The van der Waals surface area contributed by atoms with Crippen molar-refractivity contribution >= 4 is 5.91 Å². The number of β-amino-alcohol motifs (C(OH)–C–C–N with tert-alkyl or cyclic N) is 1. The summed E-state index contributed by atoms with van der Waals surface area (Å²) in [6, 6.07) is 0. The molecule has 154 valence electrons. The van der Waals surface area contributed by atoms with Gasteiger partial charge in [-0.15, -0.1) is 0 Å². The molecule has 1 saturated heterocycles. The smallest absolute Gasteiger partial charge is 0.273 e. The van der Waals surface area contributed by atoms with Crippen LogP contribution in [0.5, 0.6) is 0 Å². The van der Waals surface area contributed by atoms with E-state index in [4.69, 9.17) is 4.42 Å². The minimum Gasteiger partial charge on any atom is -0.447 e. The van der Waals surface area contributed by atoms with Crippen molar-refractivity contribution in [3.05, 3.63) is 17.8 Å². The second-order valence-electron chi connectivity index (χ2n) is 7.94. The number of amides is 1. The highest BCUT2D eigenvalue weighted by Gasteiger charge is 2.21. The van der Waals surface area contributed by atoms with Crippen molar-refractivity contribution < 1.29 is 14.3 Å². The second kappa shape index (κ2) is 11.4. The molecule has 1 aromatic rings. The molecule has 0 aliphatic carbocycles. The van der Waals surface area contributed by atoms with Gasteiger partial charge >= 0.3 is 0 Å². The zero-order valence-electron chi connectivity index (χ0n) is 17.1. The van der Waals surface area contributed by atoms with E-state index in [1.807, 2.05) is 0 Å². The van der Waals surface area contributed by atoms with Crippen molar-refractivity contribution in [1.29, 1.82) is 0 Å². The van der Waals surface area contributed by atoms with E-state index in [-0.39, 0.29) is 12.0 Å². The minimum absolute atomic E-state index is 0.170. The second-order valence-corrected chi connectivity index (χ2v) is 7.94. The highest BCUT2D eigenvalue weighted by Crippen LogP contribution is 2.11. The van der Waals surface area contributed by atoms with E-state index in [1.165, 1.54) is 6.26 Å². The Bertz CT molecular complexity index is 553. The van der Waals surface area contributed by atoms with Gasteiger partial charge in [0, 0.05) is 39.3 Å². The fourth-order valence-electron chi connectivity index (χ4n) is 3.20. The van der Waals surface area contributed by atoms with Crippen molar-refractivity contribution in [3.8, 4) is 0 Å². The van der Waals surface area contributed by atoms with Gasteiger partial charge in [-0.2, -0.15) is 0 Å². The number of piperazine rings is 1. The lowest BCUT2D eigenvalue weighted by Gasteiger charge is -2.35. The average Bonchev–Trinajstić information content (AvgIpc) is 3.10. The van der Waals surface area contributed by atoms with Crippen LogP contribution >= 0.6 is 0 Å². The van der Waals surface area contributed by atoms with Crippen LogP contribution in [-0.2, 0) is 6.54 Å². The molecular formula is C20H36N4O3. The SMILES string of the molecule is CCCCC(O)CN1CCN(Cc2nc(C(=O)NCCC(C)C)co2)CC1. The van der Waals surface area contributed by atoms with Crippen molar-refractivity contribution in [2.45, 2.75) is 59.1 Å². The Morgan fingerprint density at radius 2 is 1.96 bits per heavy atom. The minimum atomic E-state index is -0.222. The molecule has 0 radical (unpaired) electrons. The largest absolute Gasteiger partial charge is 0.447 e. The number of nitrogens with one attached hydrogen (secondary N) is 1. The summed E-state index contributed by atoms with van der Waals surface area (Å²) in [6.45, 7) is 12.1.